The third kappa shape index (κ3) is 5.09. The van der Waals surface area contributed by atoms with Crippen LogP contribution in [0.5, 0.6) is 0 Å². The first kappa shape index (κ1) is 19.5. The van der Waals surface area contributed by atoms with E-state index in [1.807, 2.05) is 0 Å². The number of amides is 2. The van der Waals surface area contributed by atoms with Gasteiger partial charge in [-0.1, -0.05) is 11.6 Å². The molecule has 2 rings (SSSR count). The van der Waals surface area contributed by atoms with Crippen LogP contribution in [-0.2, 0) is 22.3 Å². The number of nitrogens with one attached hydrogen (secondary N) is 2. The third-order valence-electron chi connectivity index (χ3n) is 3.17. The molecule has 1 aromatic heterocycles. The molecule has 1 heterocycles. The summed E-state index contributed by atoms with van der Waals surface area (Å²) in [6.45, 7) is 0.698. The summed E-state index contributed by atoms with van der Waals surface area (Å²) in [6.07, 6.45) is -4.16. The smallest absolute Gasteiger partial charge is 0.326 e. The Hall–Kier alpha value is -2.81. The molecule has 0 saturated carbocycles. The number of halogens is 4. The minimum absolute atomic E-state index is 0.261. The van der Waals surface area contributed by atoms with Crippen molar-refractivity contribution in [1.29, 1.82) is 0 Å². The van der Waals surface area contributed by atoms with E-state index in [9.17, 15) is 27.6 Å². The average Bonchev–Trinajstić information content (AvgIpc) is 2.52. The van der Waals surface area contributed by atoms with Crippen LogP contribution in [0.4, 0.5) is 24.5 Å². The quantitative estimate of drug-likeness (QED) is 0.846. The summed E-state index contributed by atoms with van der Waals surface area (Å²) in [5.74, 6) is -0.975. The highest BCUT2D eigenvalue weighted by molar-refractivity contribution is 6.30. The Labute approximate surface area is 150 Å². The van der Waals surface area contributed by atoms with Crippen LogP contribution in [0.25, 0.3) is 0 Å². The number of nitrogens with zero attached hydrogens (tertiary/aromatic N) is 1. The molecular formula is C16H13ClF3N3O3. The summed E-state index contributed by atoms with van der Waals surface area (Å²) in [7, 11) is 0. The van der Waals surface area contributed by atoms with Gasteiger partial charge in [0, 0.05) is 24.5 Å². The fraction of sp³-hybridized carbons (Fsp3) is 0.188. The van der Waals surface area contributed by atoms with Crippen molar-refractivity contribution in [2.75, 3.05) is 10.6 Å². The number of carbonyl (C=O) groups is 2. The molecule has 1 aromatic carbocycles. The standard InChI is InChI=1S/C16H13ClF3N3O3/c1-9(24)21-11-2-4-12(5-3-11)22-14(25)8-23-7-10(16(18,19)20)6-13(17)15(23)26/h2-7H,8H2,1H3,(H,21,24)(H,22,25). The van der Waals surface area contributed by atoms with Gasteiger partial charge in [-0.15, -0.1) is 0 Å². The first-order valence-corrected chi connectivity index (χ1v) is 7.59. The first-order valence-electron chi connectivity index (χ1n) is 7.21. The molecule has 0 aliphatic carbocycles. The Balaban J connectivity index is 2.14. The average molecular weight is 388 g/mol. The second-order valence-corrected chi connectivity index (χ2v) is 5.72. The lowest BCUT2D eigenvalue weighted by molar-refractivity contribution is -0.138. The van der Waals surface area contributed by atoms with Gasteiger partial charge in [-0.2, -0.15) is 13.2 Å². The lowest BCUT2D eigenvalue weighted by Crippen LogP contribution is -2.29. The molecule has 0 aliphatic rings. The predicted octanol–water partition coefficient (Wildman–Crippen LogP) is 3.12. The first-order chi connectivity index (χ1) is 12.1. The number of hydrogen-bond donors (Lipinski definition) is 2. The highest BCUT2D eigenvalue weighted by atomic mass is 35.5. The van der Waals surface area contributed by atoms with Gasteiger partial charge in [-0.25, -0.2) is 0 Å². The van der Waals surface area contributed by atoms with Gasteiger partial charge in [-0.3, -0.25) is 14.4 Å². The molecule has 0 aliphatic heterocycles. The van der Waals surface area contributed by atoms with E-state index in [0.29, 0.717) is 28.2 Å². The molecule has 0 radical (unpaired) electrons. The summed E-state index contributed by atoms with van der Waals surface area (Å²) in [5.41, 5.74) is -1.18. The van der Waals surface area contributed by atoms with Crippen molar-refractivity contribution in [3.8, 4) is 0 Å². The summed E-state index contributed by atoms with van der Waals surface area (Å²) in [6, 6.07) is 6.56. The van der Waals surface area contributed by atoms with E-state index >= 15 is 0 Å². The molecule has 10 heteroatoms. The second kappa shape index (κ2) is 7.61. The number of anilines is 2. The van der Waals surface area contributed by atoms with E-state index in [1.54, 1.807) is 0 Å². The number of rotatable bonds is 4. The van der Waals surface area contributed by atoms with Crippen LogP contribution in [0.2, 0.25) is 5.02 Å². The largest absolute Gasteiger partial charge is 0.417 e. The SMILES string of the molecule is CC(=O)Nc1ccc(NC(=O)Cn2cc(C(F)(F)F)cc(Cl)c2=O)cc1. The van der Waals surface area contributed by atoms with Crippen LogP contribution in [0.3, 0.4) is 0 Å². The van der Waals surface area contributed by atoms with Crippen molar-refractivity contribution in [2.24, 2.45) is 0 Å². The number of carbonyl (C=O) groups excluding carboxylic acids is 2. The van der Waals surface area contributed by atoms with Crippen molar-refractivity contribution in [1.82, 2.24) is 4.57 Å². The maximum absolute atomic E-state index is 12.8. The molecule has 0 saturated heterocycles. The van der Waals surface area contributed by atoms with Gasteiger partial charge < -0.3 is 15.2 Å². The molecule has 0 unspecified atom stereocenters. The minimum Gasteiger partial charge on any atom is -0.326 e. The molecule has 6 nitrogen and oxygen atoms in total. The van der Waals surface area contributed by atoms with Crippen LogP contribution in [0.15, 0.2) is 41.3 Å². The van der Waals surface area contributed by atoms with Gasteiger partial charge in [0.1, 0.15) is 11.6 Å². The van der Waals surface area contributed by atoms with Crippen LogP contribution < -0.4 is 16.2 Å². The van der Waals surface area contributed by atoms with Crippen LogP contribution in [-0.4, -0.2) is 16.4 Å². The predicted molar refractivity (Wildman–Crippen MR) is 90.1 cm³/mol. The zero-order chi connectivity index (χ0) is 19.5. The van der Waals surface area contributed by atoms with E-state index in [1.165, 1.54) is 31.2 Å². The minimum atomic E-state index is -4.70. The molecule has 0 atom stereocenters. The Bertz CT molecular complexity index is 892. The number of pyridine rings is 1. The van der Waals surface area contributed by atoms with E-state index in [-0.39, 0.29) is 5.91 Å². The second-order valence-electron chi connectivity index (χ2n) is 5.31. The zero-order valence-corrected chi connectivity index (χ0v) is 14.1. The number of alkyl halides is 3. The Kier molecular flexibility index (Phi) is 5.71. The third-order valence-corrected chi connectivity index (χ3v) is 3.44. The Morgan fingerprint density at radius 1 is 1.12 bits per heavy atom. The molecule has 26 heavy (non-hydrogen) atoms. The van der Waals surface area contributed by atoms with E-state index in [2.05, 4.69) is 10.6 Å². The maximum atomic E-state index is 12.8. The summed E-state index contributed by atoms with van der Waals surface area (Å²) < 4.78 is 39.0. The molecule has 2 aromatic rings. The van der Waals surface area contributed by atoms with Crippen molar-refractivity contribution in [3.05, 3.63) is 57.5 Å². The lowest BCUT2D eigenvalue weighted by atomic mass is 10.2. The highest BCUT2D eigenvalue weighted by Gasteiger charge is 2.32. The lowest BCUT2D eigenvalue weighted by Gasteiger charge is -2.12. The normalized spacial score (nSPS) is 11.1. The fourth-order valence-electron chi connectivity index (χ4n) is 2.07. The van der Waals surface area contributed by atoms with Crippen molar-refractivity contribution in [3.63, 3.8) is 0 Å². The Morgan fingerprint density at radius 2 is 1.65 bits per heavy atom. The van der Waals surface area contributed by atoms with Crippen LogP contribution in [0.1, 0.15) is 12.5 Å². The van der Waals surface area contributed by atoms with Gasteiger partial charge in [0.2, 0.25) is 11.8 Å². The van der Waals surface area contributed by atoms with E-state index in [0.717, 1.165) is 0 Å². The number of aromatic nitrogens is 1. The summed E-state index contributed by atoms with van der Waals surface area (Å²) >= 11 is 5.53. The van der Waals surface area contributed by atoms with E-state index in [4.69, 9.17) is 11.6 Å². The van der Waals surface area contributed by atoms with Crippen molar-refractivity contribution in [2.45, 2.75) is 19.6 Å². The zero-order valence-electron chi connectivity index (χ0n) is 13.4. The van der Waals surface area contributed by atoms with Gasteiger partial charge in [0.25, 0.3) is 5.56 Å². The monoisotopic (exact) mass is 387 g/mol. The van der Waals surface area contributed by atoms with Crippen LogP contribution >= 0.6 is 11.6 Å². The highest BCUT2D eigenvalue weighted by Crippen LogP contribution is 2.29. The Morgan fingerprint density at radius 3 is 2.15 bits per heavy atom. The summed E-state index contributed by atoms with van der Waals surface area (Å²) in [4.78, 5) is 34.8. The van der Waals surface area contributed by atoms with Crippen molar-refractivity contribution < 1.29 is 22.8 Å². The van der Waals surface area contributed by atoms with Gasteiger partial charge >= 0.3 is 6.18 Å². The number of hydrogen-bond acceptors (Lipinski definition) is 3. The molecule has 138 valence electrons. The fourth-order valence-corrected chi connectivity index (χ4v) is 2.29. The van der Waals surface area contributed by atoms with Gasteiger partial charge in [0.05, 0.1) is 5.56 Å². The number of benzene rings is 1. The topological polar surface area (TPSA) is 80.2 Å². The molecule has 0 fully saturated rings. The molecule has 0 spiro atoms. The maximum Gasteiger partial charge on any atom is 0.417 e. The van der Waals surface area contributed by atoms with Crippen LogP contribution in [0, 0.1) is 0 Å². The summed E-state index contributed by atoms with van der Waals surface area (Å²) in [5, 5.41) is 4.35. The van der Waals surface area contributed by atoms with Crippen molar-refractivity contribution >= 4 is 34.8 Å². The van der Waals surface area contributed by atoms with Gasteiger partial charge in [-0.05, 0) is 30.3 Å². The van der Waals surface area contributed by atoms with E-state index < -0.39 is 34.8 Å². The van der Waals surface area contributed by atoms with Gasteiger partial charge in [0.15, 0.2) is 0 Å². The molecular weight excluding hydrogens is 375 g/mol. The molecule has 2 amide bonds. The molecule has 2 N–H and O–H groups in total. The molecule has 0 bridgehead atoms.